The number of carboxylic acids is 2. The molecular formula is C43H94N2O9S7. The fraction of sp³-hybridized carbons (Fsp3) is 0.884. The smallest absolute Gasteiger partial charge is 0.327 e. The van der Waals surface area contributed by atoms with Crippen LogP contribution in [0.2, 0.25) is 0 Å². The van der Waals surface area contributed by atoms with E-state index in [-0.39, 0.29) is 44.3 Å². The maximum atomic E-state index is 10.7. The summed E-state index contributed by atoms with van der Waals surface area (Å²) in [5.74, 6) is 3.26. The lowest BCUT2D eigenvalue weighted by Gasteiger charge is -2.13. The molecule has 11 nitrogen and oxygen atoms in total. The second-order valence-electron chi connectivity index (χ2n) is 15.1. The minimum absolute atomic E-state index is 0. The van der Waals surface area contributed by atoms with Gasteiger partial charge in [-0.05, 0) is 69.7 Å². The van der Waals surface area contributed by atoms with Crippen LogP contribution in [0, 0.1) is 5.92 Å². The first kappa shape index (κ1) is 78.0. The third-order valence-electron chi connectivity index (χ3n) is 5.96. The van der Waals surface area contributed by atoms with E-state index in [2.05, 4.69) is 81.5 Å². The van der Waals surface area contributed by atoms with Crippen molar-refractivity contribution < 1.29 is 42.6 Å². The van der Waals surface area contributed by atoms with Gasteiger partial charge in [0.1, 0.15) is 27.4 Å². The van der Waals surface area contributed by atoms with Crippen LogP contribution in [0.15, 0.2) is 0 Å². The van der Waals surface area contributed by atoms with E-state index in [4.69, 9.17) is 15.9 Å². The van der Waals surface area contributed by atoms with Gasteiger partial charge in [0.2, 0.25) is 5.91 Å². The third kappa shape index (κ3) is 87.4. The standard InChI is InChI=1S/C8H15NO3S.C8H17NOS.C7H14O2S.C6H14O2S2.C6H12OS.C6H14S.2CH4/c1-5(2)13-4-7(8(11)12)9-6(3)10;1-6(2)11-5-4-8(9)7(3)10;1-5(2)10-4-6(3)7(8)9;1-6(2)9-4-5-10(3,7)8;1-5(2)8-4-6(3)7;1-4-5-7-6(2)3;;/h5,7H,4H2,1-3H3,(H,9,10)(H,11,12);6,8H,4-5,9H2,1-3H3;5-6H,4H2,1-3H3,(H,8,9);6H,4-5H2,1-3H3;5H,4H2,1-3H3;6H,4-5H2,1-3H3;2*1H4. The van der Waals surface area contributed by atoms with Crippen molar-refractivity contribution in [3.05, 3.63) is 0 Å². The summed E-state index contributed by atoms with van der Waals surface area (Å²) in [5, 5.41) is 23.0. The van der Waals surface area contributed by atoms with E-state index in [1.54, 1.807) is 56.1 Å². The monoisotopic (exact) mass is 1010 g/mol. The van der Waals surface area contributed by atoms with Crippen LogP contribution in [-0.4, -0.2) is 138 Å². The molecule has 0 fully saturated rings. The minimum Gasteiger partial charge on any atom is -0.481 e. The van der Waals surface area contributed by atoms with Crippen molar-refractivity contribution in [2.75, 3.05) is 46.5 Å². The van der Waals surface area contributed by atoms with E-state index in [9.17, 15) is 32.4 Å². The Morgan fingerprint density at radius 1 is 0.590 bits per heavy atom. The van der Waals surface area contributed by atoms with Gasteiger partial charge in [-0.25, -0.2) is 13.2 Å². The van der Waals surface area contributed by atoms with Crippen LogP contribution in [0.25, 0.3) is 0 Å². The summed E-state index contributed by atoms with van der Waals surface area (Å²) in [4.78, 5) is 52.6. The number of carboxylic acid groups (broad SMARTS) is 2. The molecule has 5 N–H and O–H groups in total. The van der Waals surface area contributed by atoms with Crippen LogP contribution in [0.5, 0.6) is 0 Å². The van der Waals surface area contributed by atoms with Crippen LogP contribution in [-0.2, 0) is 33.8 Å². The van der Waals surface area contributed by atoms with E-state index in [1.807, 2.05) is 37.4 Å². The maximum absolute atomic E-state index is 10.7. The zero-order valence-corrected chi connectivity index (χ0v) is 45.5. The van der Waals surface area contributed by atoms with E-state index < -0.39 is 27.8 Å². The highest BCUT2D eigenvalue weighted by atomic mass is 32.2. The fourth-order valence-electron chi connectivity index (χ4n) is 2.82. The Morgan fingerprint density at radius 3 is 1.23 bits per heavy atom. The van der Waals surface area contributed by atoms with Gasteiger partial charge in [-0.2, -0.15) is 70.6 Å². The van der Waals surface area contributed by atoms with Crippen LogP contribution in [0.1, 0.15) is 145 Å². The molecule has 0 heterocycles. The lowest BCUT2D eigenvalue weighted by atomic mass is 10.2. The Bertz CT molecular complexity index is 1160. The molecule has 61 heavy (non-hydrogen) atoms. The van der Waals surface area contributed by atoms with Crippen molar-refractivity contribution in [2.24, 2.45) is 11.7 Å². The van der Waals surface area contributed by atoms with Gasteiger partial charge in [0.05, 0.1) is 23.5 Å². The summed E-state index contributed by atoms with van der Waals surface area (Å²) in [5.41, 5.74) is 5.54. The molecule has 0 spiro atoms. The van der Waals surface area contributed by atoms with Gasteiger partial charge in [-0.1, -0.05) is 112 Å². The number of hydrogen-bond acceptors (Lipinski definition) is 14. The van der Waals surface area contributed by atoms with Gasteiger partial charge in [0.15, 0.2) is 0 Å². The summed E-state index contributed by atoms with van der Waals surface area (Å²) in [6.07, 6.45) is 3.38. The average Bonchev–Trinajstić information content (AvgIpc) is 3.07. The number of rotatable bonds is 24. The van der Waals surface area contributed by atoms with Gasteiger partial charge >= 0.3 is 11.9 Å². The summed E-state index contributed by atoms with van der Waals surface area (Å²) in [6.45, 7) is 33.6. The summed E-state index contributed by atoms with van der Waals surface area (Å²) in [6, 6.07) is -1.02. The molecule has 0 saturated heterocycles. The van der Waals surface area contributed by atoms with Crippen molar-refractivity contribution in [3.8, 4) is 0 Å². The number of Topliss-reactive ketones (excluding diaryl/α,β-unsaturated/α-hetero) is 2. The average molecular weight is 1010 g/mol. The Kier molecular flexibility index (Phi) is 64.9. The van der Waals surface area contributed by atoms with Crippen LogP contribution < -0.4 is 11.1 Å². The molecule has 18 heteroatoms. The molecule has 3 unspecified atom stereocenters. The maximum Gasteiger partial charge on any atom is 0.327 e. The van der Waals surface area contributed by atoms with Crippen molar-refractivity contribution in [1.29, 1.82) is 0 Å². The lowest BCUT2D eigenvalue weighted by molar-refractivity contribution is -0.141. The zero-order valence-electron chi connectivity index (χ0n) is 39.7. The number of carbonyl (C=O) groups is 5. The molecule has 0 aliphatic rings. The Balaban J connectivity index is -0.0000000924. The van der Waals surface area contributed by atoms with Crippen molar-refractivity contribution in [3.63, 3.8) is 0 Å². The fourth-order valence-corrected chi connectivity index (χ4v) is 8.65. The number of carbonyl (C=O) groups excluding carboxylic acids is 3. The van der Waals surface area contributed by atoms with Crippen molar-refractivity contribution in [2.45, 2.75) is 189 Å². The van der Waals surface area contributed by atoms with Crippen molar-refractivity contribution in [1.82, 2.24) is 5.32 Å². The summed E-state index contributed by atoms with van der Waals surface area (Å²) < 4.78 is 21.2. The quantitative estimate of drug-likeness (QED) is 0.0711. The highest BCUT2D eigenvalue weighted by Crippen LogP contribution is 2.14. The van der Waals surface area contributed by atoms with Crippen LogP contribution in [0.3, 0.4) is 0 Å². The van der Waals surface area contributed by atoms with Gasteiger partial charge in [-0.15, -0.1) is 0 Å². The van der Waals surface area contributed by atoms with Crippen molar-refractivity contribution >= 4 is 110 Å². The summed E-state index contributed by atoms with van der Waals surface area (Å²) in [7, 11) is -2.74. The molecule has 0 aliphatic heterocycles. The summed E-state index contributed by atoms with van der Waals surface area (Å²) >= 11 is 10.4. The molecule has 0 rings (SSSR count). The number of sulfone groups is 1. The molecule has 1 amide bonds. The number of ketones is 2. The molecule has 0 bridgehead atoms. The third-order valence-corrected chi connectivity index (χ3v) is 14.5. The molecule has 3 atom stereocenters. The predicted octanol–water partition coefficient (Wildman–Crippen LogP) is 10.7. The van der Waals surface area contributed by atoms with Crippen LogP contribution in [0.4, 0.5) is 0 Å². The first-order valence-corrected chi connectivity index (χ1v) is 28.5. The SMILES string of the molecule is C.C.CC(=O)C(N)CCSC(C)C.CC(=O)CSC(C)C.CC(=O)NC(CSC(C)C)C(=O)O.CC(C)SCC(C)C(=O)O.CC(C)SCCS(C)(=O)=O.CCCSC(C)C. The second-order valence-corrected chi connectivity index (χ2v) is 27.1. The molecule has 0 aliphatic carbocycles. The minimum atomic E-state index is -2.74. The van der Waals surface area contributed by atoms with E-state index in [0.29, 0.717) is 49.3 Å². The molecule has 0 saturated carbocycles. The van der Waals surface area contributed by atoms with Gasteiger partial charge in [0, 0.05) is 30.4 Å². The molecule has 0 aromatic heterocycles. The number of amides is 1. The number of aliphatic carboxylic acids is 2. The van der Waals surface area contributed by atoms with Gasteiger partial charge < -0.3 is 21.3 Å². The van der Waals surface area contributed by atoms with Crippen LogP contribution >= 0.6 is 70.6 Å². The molecule has 372 valence electrons. The number of nitrogens with one attached hydrogen (secondary N) is 1. The Labute approximate surface area is 402 Å². The number of nitrogens with two attached hydrogens (primary N) is 1. The largest absolute Gasteiger partial charge is 0.481 e. The highest BCUT2D eigenvalue weighted by Gasteiger charge is 2.18. The first-order chi connectivity index (χ1) is 26.8. The first-order valence-electron chi connectivity index (χ1n) is 20.2. The lowest BCUT2D eigenvalue weighted by Crippen LogP contribution is -2.41. The van der Waals surface area contributed by atoms with Gasteiger partial charge in [0.25, 0.3) is 0 Å². The Morgan fingerprint density at radius 2 is 0.967 bits per heavy atom. The van der Waals surface area contributed by atoms with E-state index in [0.717, 1.165) is 23.2 Å². The number of hydrogen-bond donors (Lipinski definition) is 4. The zero-order chi connectivity index (χ0) is 47.9. The molecular weight excluding hydrogens is 913 g/mol. The van der Waals surface area contributed by atoms with E-state index >= 15 is 0 Å². The highest BCUT2D eigenvalue weighted by molar-refractivity contribution is 8.01. The normalized spacial score (nSPS) is 11.9. The predicted molar refractivity (Wildman–Crippen MR) is 285 cm³/mol. The second kappa shape index (κ2) is 50.8. The Hall–Kier alpha value is -0.240. The molecule has 0 aromatic carbocycles. The number of thioether (sulfide) groups is 6. The molecule has 0 radical (unpaired) electrons. The topological polar surface area (TPSA) is 198 Å². The molecule has 0 aromatic rings. The van der Waals surface area contributed by atoms with Gasteiger partial charge in [-0.3, -0.25) is 19.2 Å². The van der Waals surface area contributed by atoms with E-state index in [1.165, 1.54) is 37.1 Å².